The summed E-state index contributed by atoms with van der Waals surface area (Å²) in [6, 6.07) is -11.9. The number of carbonyl (C=O) groups is 6. The maximum absolute atomic E-state index is 13.6. The summed E-state index contributed by atoms with van der Waals surface area (Å²) >= 11 is 0. The Balaban J connectivity index is 0.954. The third-order valence-electron chi connectivity index (χ3n) is 27.4. The zero-order valence-corrected chi connectivity index (χ0v) is 81.1. The molecule has 866 valence electrons. The molecular formula is C84H140N6O60. The summed E-state index contributed by atoms with van der Waals surface area (Å²) in [6.07, 6.45) is -118. The molecule has 0 aromatic carbocycles. The van der Waals surface area contributed by atoms with Gasteiger partial charge in [0.15, 0.2) is 75.5 Å². The number of hydrogen-bond acceptors (Lipinski definition) is 60. The maximum atomic E-state index is 13.6. The van der Waals surface area contributed by atoms with E-state index in [-0.39, 0.29) is 0 Å². The van der Waals surface area contributed by atoms with Crippen LogP contribution < -0.4 is 31.9 Å². The Morgan fingerprint density at radius 3 is 0.820 bits per heavy atom. The van der Waals surface area contributed by atoms with Gasteiger partial charge < -0.3 is 299 Å². The molecule has 66 nitrogen and oxygen atoms in total. The topological polar surface area (TPSA) is 1010 Å². The first-order valence-electron chi connectivity index (χ1n) is 48.0. The molecule has 37 N–H and O–H groups in total. The van der Waals surface area contributed by atoms with Crippen LogP contribution in [0.4, 0.5) is 0 Å². The van der Waals surface area contributed by atoms with Crippen LogP contribution >= 0.6 is 0 Å². The van der Waals surface area contributed by atoms with Crippen molar-refractivity contribution in [3.8, 4) is 0 Å². The van der Waals surface area contributed by atoms with Gasteiger partial charge in [0.05, 0.1) is 78.8 Å². The summed E-state index contributed by atoms with van der Waals surface area (Å²) in [5.41, 5.74) is 0. The highest BCUT2D eigenvalue weighted by molar-refractivity contribution is 5.75. The fourth-order valence-electron chi connectivity index (χ4n) is 19.5. The van der Waals surface area contributed by atoms with E-state index >= 15 is 0 Å². The molecule has 6 amide bonds. The lowest BCUT2D eigenvalue weighted by Gasteiger charge is -2.52. The van der Waals surface area contributed by atoms with Crippen LogP contribution in [0, 0.1) is 0 Å². The molecule has 0 saturated carbocycles. The standard InChI is InChI=1S/C84H140N6O60/c1-19-43(105)56(118)60(122)79(131-19)129-18-36-69(52(114)37(73(127)132-36)85-20(2)99)144-77-41(89-24(6)103)54(116)67(32(14-97)138-77)147-82-64(126)70(49(111)35(141-82)17-130-83-71(149-75-39(87-22(4)101)51(113)45(107)27(9-92)134-75)59(121)48(110)34(142-83)16-128-74-38(86-21(3)100)50(112)44(106)26(8-91)133-74)148-84-72(150-78-42(90-25(7)104)55(117)66(31(13-96)139-78)146-81-62(124)58(120)47(109)29(11-94)136-81)63(125)68(33(15-98)140-84)143-76-40(88-23(5)102)53(115)65(30(12-95)137-76)145-80-61(123)57(119)46(108)28(10-93)135-80/h19,26-84,91-98,105-127H,8-18H2,1-7H3,(H,85,99)(H,86,100)(H,87,101)(H,88,102)(H,89,103)(H,90,104)/t19-,26+,27+,28+,29+,30+,31+,32+,33+,34+,35+,36+,37+,38+,39+,40+,41+,42+,43+,44+,45+,46-,47-,48+,49+,50+,51+,52+,53+,54+,55+,56+,57-,58-,59-,60-,61+,62+,63-,64-,65+,66+,67+,68+,69+,70-,71-,72-,73?,74+,75-,76-,77-,78-,79+,80-,81-,82-,83-,84+/m0/s1. The van der Waals surface area contributed by atoms with Crippen LogP contribution in [-0.4, -0.2) is 635 Å². The Morgan fingerprint density at radius 2 is 0.427 bits per heavy atom. The second kappa shape index (κ2) is 54.0. The van der Waals surface area contributed by atoms with E-state index in [0.29, 0.717) is 0 Å². The van der Waals surface area contributed by atoms with Gasteiger partial charge in [0.1, 0.15) is 287 Å². The Bertz CT molecular complexity index is 4240. The van der Waals surface area contributed by atoms with Gasteiger partial charge in [-0.1, -0.05) is 0 Å². The number of ether oxygens (including phenoxy) is 23. The van der Waals surface area contributed by atoms with Gasteiger partial charge in [0.2, 0.25) is 35.4 Å². The Kier molecular flexibility index (Phi) is 44.4. The van der Waals surface area contributed by atoms with Crippen LogP contribution in [0.1, 0.15) is 48.5 Å². The predicted octanol–water partition coefficient (Wildman–Crippen LogP) is -25.3. The summed E-state index contributed by atoms with van der Waals surface area (Å²) in [5, 5.41) is 368. The number of amides is 6. The van der Waals surface area contributed by atoms with Crippen LogP contribution in [0.2, 0.25) is 0 Å². The zero-order chi connectivity index (χ0) is 110. The van der Waals surface area contributed by atoms with Crippen molar-refractivity contribution < 1.29 is 296 Å². The lowest BCUT2D eigenvalue weighted by molar-refractivity contribution is -0.406. The summed E-state index contributed by atoms with van der Waals surface area (Å²) in [6.45, 7) is -6.20. The Labute approximate surface area is 849 Å². The average molecular weight is 2190 g/mol. The van der Waals surface area contributed by atoms with Crippen LogP contribution in [-0.2, 0) is 138 Å². The predicted molar refractivity (Wildman–Crippen MR) is 463 cm³/mol. The molecule has 0 radical (unpaired) electrons. The van der Waals surface area contributed by atoms with E-state index in [9.17, 15) is 187 Å². The molecule has 60 atom stereocenters. The molecule has 12 aliphatic heterocycles. The van der Waals surface area contributed by atoms with Crippen molar-refractivity contribution in [2.75, 3.05) is 72.7 Å². The highest BCUT2D eigenvalue weighted by Crippen LogP contribution is 2.43. The van der Waals surface area contributed by atoms with Crippen molar-refractivity contribution in [2.45, 2.75) is 417 Å². The minimum Gasteiger partial charge on any atom is -0.394 e. The monoisotopic (exact) mass is 2190 g/mol. The number of aliphatic hydroxyl groups is 31. The molecule has 150 heavy (non-hydrogen) atoms. The molecule has 0 spiro atoms. The molecule has 0 aromatic rings. The second-order valence-corrected chi connectivity index (χ2v) is 38.1. The Morgan fingerprint density at radius 1 is 0.187 bits per heavy atom. The van der Waals surface area contributed by atoms with Crippen LogP contribution in [0.5, 0.6) is 0 Å². The first-order chi connectivity index (χ1) is 70.9. The van der Waals surface area contributed by atoms with Crippen molar-refractivity contribution in [1.29, 1.82) is 0 Å². The van der Waals surface area contributed by atoms with E-state index in [1.807, 2.05) is 0 Å². The van der Waals surface area contributed by atoms with Gasteiger partial charge in [-0.2, -0.15) is 0 Å². The first kappa shape index (κ1) is 123. The van der Waals surface area contributed by atoms with Crippen molar-refractivity contribution in [3.05, 3.63) is 0 Å². The quantitative estimate of drug-likeness (QED) is 0.0272. The highest BCUT2D eigenvalue weighted by atomic mass is 16.8. The number of hydrogen-bond donors (Lipinski definition) is 37. The first-order valence-corrected chi connectivity index (χ1v) is 48.0. The van der Waals surface area contributed by atoms with Crippen molar-refractivity contribution in [2.24, 2.45) is 0 Å². The molecule has 12 fully saturated rings. The van der Waals surface area contributed by atoms with Crippen LogP contribution in [0.25, 0.3) is 0 Å². The van der Waals surface area contributed by atoms with Gasteiger partial charge in [0.25, 0.3) is 0 Å². The summed E-state index contributed by atoms with van der Waals surface area (Å²) < 4.78 is 140. The number of carbonyl (C=O) groups excluding carboxylic acids is 6. The van der Waals surface area contributed by atoms with Gasteiger partial charge in [-0.25, -0.2) is 0 Å². The molecule has 12 heterocycles. The minimum atomic E-state index is -2.84. The molecular weight excluding hydrogens is 2050 g/mol. The fourth-order valence-corrected chi connectivity index (χ4v) is 19.5. The number of aliphatic hydroxyl groups excluding tert-OH is 31. The third-order valence-corrected chi connectivity index (χ3v) is 27.4. The van der Waals surface area contributed by atoms with Crippen LogP contribution in [0.3, 0.4) is 0 Å². The fraction of sp³-hybridized carbons (Fsp3) is 0.929. The van der Waals surface area contributed by atoms with Crippen molar-refractivity contribution in [3.63, 3.8) is 0 Å². The lowest BCUT2D eigenvalue weighted by atomic mass is 9.93. The molecule has 0 aliphatic carbocycles. The minimum absolute atomic E-state index is 0.852. The SMILES string of the molecule is CC(=O)N[C@H]1[C@H](O[C@H]2[C@H](O)[C@@H](NC(C)=O)C(O)O[C@@H]2CO[C@@H]2O[C@@H](C)[C@@H](O)[C@@H](O)[C@@H]2O)O[C@H](CO)[C@@H](O[C@@H]2O[C@H](CO[C@H]3O[C@H](CO[C@@H]4O[C@H](CO)[C@@H](O)[C@H](O)[C@H]4NC(C)=O)[C@@H](O)[C@H](O)[C@@H]3O[C@@H]3O[C@H](CO)[C@@H](O)[C@H](O)[C@H]3NC(C)=O)[C@@H](O)[C@H](O[C@H]3O[C@H](CO)[C@@H](O[C@@H]4O[C@H](CO)[C@@H](O[C@@H]5O[C@H](CO)[C@H](O)[C@H](O)[C@H]5O)[C@H](O)[C@H]4NC(C)=O)[C@H](O)[C@@H]3O[C@@H]3O[C@H](CO)[C@@H](O[C@@H]4O[C@H](CO)[C@H](O)[C@H](O)[C@H]4O)[C@H](O)[C@H]3NC(C)=O)[C@@H]2O)[C@@H]1O. The highest BCUT2D eigenvalue weighted by Gasteiger charge is 2.64. The lowest BCUT2D eigenvalue weighted by Crippen LogP contribution is -2.71. The van der Waals surface area contributed by atoms with Gasteiger partial charge in [-0.15, -0.1) is 0 Å². The smallest absolute Gasteiger partial charge is 0.217 e. The molecule has 12 aliphatic rings. The molecule has 0 aromatic heterocycles. The van der Waals surface area contributed by atoms with E-state index in [4.69, 9.17) is 109 Å². The van der Waals surface area contributed by atoms with Gasteiger partial charge in [-0.05, 0) is 6.92 Å². The second-order valence-electron chi connectivity index (χ2n) is 38.1. The summed E-state index contributed by atoms with van der Waals surface area (Å²) in [7, 11) is 0. The molecule has 1 unspecified atom stereocenters. The van der Waals surface area contributed by atoms with E-state index in [1.54, 1.807) is 0 Å². The van der Waals surface area contributed by atoms with E-state index < -0.39 is 476 Å². The number of nitrogens with one attached hydrogen (secondary N) is 6. The van der Waals surface area contributed by atoms with Gasteiger partial charge in [0, 0.05) is 41.5 Å². The van der Waals surface area contributed by atoms with Gasteiger partial charge in [-0.3, -0.25) is 28.8 Å². The largest absolute Gasteiger partial charge is 0.394 e. The van der Waals surface area contributed by atoms with E-state index in [0.717, 1.165) is 41.5 Å². The molecule has 0 bridgehead atoms. The van der Waals surface area contributed by atoms with E-state index in [2.05, 4.69) is 31.9 Å². The number of rotatable bonds is 39. The molecule has 66 heteroatoms. The van der Waals surface area contributed by atoms with Crippen molar-refractivity contribution in [1.82, 2.24) is 31.9 Å². The van der Waals surface area contributed by atoms with Gasteiger partial charge >= 0.3 is 0 Å². The summed E-state index contributed by atoms with van der Waals surface area (Å²) in [5.74, 6) is -5.90. The maximum Gasteiger partial charge on any atom is 0.217 e. The normalized spacial score (nSPS) is 48.8. The van der Waals surface area contributed by atoms with E-state index in [1.165, 1.54) is 6.92 Å². The third kappa shape index (κ3) is 27.7. The zero-order valence-electron chi connectivity index (χ0n) is 81.1. The van der Waals surface area contributed by atoms with Crippen molar-refractivity contribution >= 4 is 35.4 Å². The Hall–Kier alpha value is -5.34. The van der Waals surface area contributed by atoms with Crippen LogP contribution in [0.15, 0.2) is 0 Å². The molecule has 12 saturated heterocycles. The molecule has 12 rings (SSSR count). The summed E-state index contributed by atoms with van der Waals surface area (Å²) in [4.78, 5) is 78.5. The average Bonchev–Trinajstić information content (AvgIpc) is 0.736.